The van der Waals surface area contributed by atoms with Gasteiger partial charge in [-0.3, -0.25) is 9.69 Å². The molecule has 4 saturated heterocycles. The van der Waals surface area contributed by atoms with E-state index in [0.717, 1.165) is 30.8 Å². The average Bonchev–Trinajstić information content (AvgIpc) is 2.40. The third-order valence-electron chi connectivity index (χ3n) is 6.31. The Morgan fingerprint density at radius 1 is 1.28 bits per heavy atom. The van der Waals surface area contributed by atoms with Gasteiger partial charge in [0.15, 0.2) is 0 Å². The lowest BCUT2D eigenvalue weighted by molar-refractivity contribution is -0.193. The second-order valence-corrected chi connectivity index (χ2v) is 6.82. The molecule has 3 heteroatoms. The van der Waals surface area contributed by atoms with E-state index in [9.17, 15) is 4.79 Å². The monoisotopic (exact) mass is 248 g/mol. The first-order chi connectivity index (χ1) is 8.76. The van der Waals surface area contributed by atoms with Gasteiger partial charge in [0, 0.05) is 12.6 Å². The van der Waals surface area contributed by atoms with Crippen molar-refractivity contribution < 1.29 is 4.79 Å². The van der Waals surface area contributed by atoms with Gasteiger partial charge in [-0.05, 0) is 57.0 Å². The molecular weight excluding hydrogens is 224 g/mol. The van der Waals surface area contributed by atoms with Crippen LogP contribution in [0.3, 0.4) is 0 Å². The number of carbonyl (C=O) groups is 1. The molecular formula is C15H24N2O. The standard InChI is InChI=1S/C15H24N2O/c1-2-15-9-13(18)17(15)10-11-5-3-7-16-8-4-6-12(15)14(11)16/h11-12,14H,2-10H2,1H3/t11-,12-,14-,15-/m0/s1. The van der Waals surface area contributed by atoms with Crippen molar-refractivity contribution in [1.82, 2.24) is 9.80 Å². The number of β-lactam (4-membered cyclic amide) rings is 1. The normalized spacial score (nSPS) is 47.3. The molecule has 0 aromatic rings. The van der Waals surface area contributed by atoms with E-state index in [-0.39, 0.29) is 5.54 Å². The number of amides is 1. The van der Waals surface area contributed by atoms with E-state index >= 15 is 0 Å². The molecule has 0 radical (unpaired) electrons. The van der Waals surface area contributed by atoms with Gasteiger partial charge in [0.05, 0.1) is 12.0 Å². The topological polar surface area (TPSA) is 23.6 Å². The van der Waals surface area contributed by atoms with Crippen LogP contribution in [-0.2, 0) is 4.79 Å². The van der Waals surface area contributed by atoms with E-state index in [0.29, 0.717) is 5.91 Å². The number of hydrogen-bond acceptors (Lipinski definition) is 2. The molecule has 0 aliphatic carbocycles. The molecule has 0 aromatic heterocycles. The van der Waals surface area contributed by atoms with Gasteiger partial charge in [-0.2, -0.15) is 0 Å². The Hall–Kier alpha value is -0.570. The van der Waals surface area contributed by atoms with Crippen molar-refractivity contribution >= 4 is 5.91 Å². The summed E-state index contributed by atoms with van der Waals surface area (Å²) in [4.78, 5) is 17.0. The van der Waals surface area contributed by atoms with Crippen molar-refractivity contribution in [1.29, 1.82) is 0 Å². The largest absolute Gasteiger partial charge is 0.336 e. The maximum absolute atomic E-state index is 12.0. The zero-order valence-electron chi connectivity index (χ0n) is 11.4. The molecule has 4 heterocycles. The number of rotatable bonds is 1. The number of hydrogen-bond donors (Lipinski definition) is 0. The summed E-state index contributed by atoms with van der Waals surface area (Å²) in [6, 6.07) is 0.803. The third kappa shape index (κ3) is 1.21. The maximum atomic E-state index is 12.0. The fourth-order valence-corrected chi connectivity index (χ4v) is 5.53. The lowest BCUT2D eigenvalue weighted by Gasteiger charge is -2.67. The number of piperidine rings is 3. The molecule has 0 aromatic carbocycles. The highest BCUT2D eigenvalue weighted by molar-refractivity contribution is 5.85. The van der Waals surface area contributed by atoms with Crippen LogP contribution in [0.5, 0.6) is 0 Å². The number of carbonyl (C=O) groups excluding carboxylic acids is 1. The highest BCUT2D eigenvalue weighted by Crippen LogP contribution is 2.54. The molecule has 0 N–H and O–H groups in total. The van der Waals surface area contributed by atoms with E-state index < -0.39 is 0 Å². The average molecular weight is 248 g/mol. The van der Waals surface area contributed by atoms with Gasteiger partial charge < -0.3 is 4.90 Å². The van der Waals surface area contributed by atoms with Crippen LogP contribution < -0.4 is 0 Å². The molecule has 0 spiro atoms. The first-order valence-electron chi connectivity index (χ1n) is 7.81. The maximum Gasteiger partial charge on any atom is 0.225 e. The highest BCUT2D eigenvalue weighted by Gasteiger charge is 2.62. The zero-order valence-corrected chi connectivity index (χ0v) is 11.4. The van der Waals surface area contributed by atoms with E-state index in [4.69, 9.17) is 0 Å². The molecule has 4 aliphatic heterocycles. The van der Waals surface area contributed by atoms with Crippen LogP contribution in [-0.4, -0.2) is 46.9 Å². The predicted molar refractivity (Wildman–Crippen MR) is 70.2 cm³/mol. The first-order valence-corrected chi connectivity index (χ1v) is 7.81. The number of nitrogens with zero attached hydrogens (tertiary/aromatic N) is 2. The summed E-state index contributed by atoms with van der Waals surface area (Å²) in [6.07, 6.45) is 7.40. The minimum atomic E-state index is 0.258. The summed E-state index contributed by atoms with van der Waals surface area (Å²) in [7, 11) is 0. The van der Waals surface area contributed by atoms with Crippen molar-refractivity contribution in [2.75, 3.05) is 19.6 Å². The molecule has 1 amide bonds. The van der Waals surface area contributed by atoms with Crippen LogP contribution in [0.1, 0.15) is 45.4 Å². The molecule has 0 unspecified atom stereocenters. The Labute approximate surface area is 110 Å². The van der Waals surface area contributed by atoms with Crippen molar-refractivity contribution in [3.05, 3.63) is 0 Å². The summed E-state index contributed by atoms with van der Waals surface area (Å²) in [5.74, 6) is 1.97. The Morgan fingerprint density at radius 2 is 2.06 bits per heavy atom. The molecule has 0 bridgehead atoms. The second-order valence-electron chi connectivity index (χ2n) is 6.82. The minimum Gasteiger partial charge on any atom is -0.336 e. The molecule has 18 heavy (non-hydrogen) atoms. The number of fused-ring (bicyclic) bond motifs is 2. The minimum absolute atomic E-state index is 0.258. The summed E-state index contributed by atoms with van der Waals surface area (Å²) >= 11 is 0. The Balaban J connectivity index is 1.72. The van der Waals surface area contributed by atoms with Crippen LogP contribution in [0.15, 0.2) is 0 Å². The van der Waals surface area contributed by atoms with Crippen molar-refractivity contribution in [3.63, 3.8) is 0 Å². The third-order valence-corrected chi connectivity index (χ3v) is 6.31. The Morgan fingerprint density at radius 3 is 2.78 bits per heavy atom. The van der Waals surface area contributed by atoms with Crippen LogP contribution in [0.2, 0.25) is 0 Å². The van der Waals surface area contributed by atoms with Crippen molar-refractivity contribution in [2.45, 2.75) is 57.0 Å². The van der Waals surface area contributed by atoms with Gasteiger partial charge in [0.25, 0.3) is 0 Å². The van der Waals surface area contributed by atoms with Gasteiger partial charge in [0.1, 0.15) is 0 Å². The lowest BCUT2D eigenvalue weighted by atomic mass is 9.58. The van der Waals surface area contributed by atoms with Gasteiger partial charge in [-0.1, -0.05) is 6.92 Å². The molecule has 0 saturated carbocycles. The quantitative estimate of drug-likeness (QED) is 0.661. The van der Waals surface area contributed by atoms with Crippen LogP contribution in [0.25, 0.3) is 0 Å². The first kappa shape index (κ1) is 11.3. The van der Waals surface area contributed by atoms with Crippen molar-refractivity contribution in [3.8, 4) is 0 Å². The summed E-state index contributed by atoms with van der Waals surface area (Å²) < 4.78 is 0. The fourth-order valence-electron chi connectivity index (χ4n) is 5.53. The predicted octanol–water partition coefficient (Wildman–Crippen LogP) is 1.87. The SMILES string of the molecule is CC[C@@]12CC(=O)N1C[C@@H]1CCCN3CCC[C@H]2[C@H]13. The van der Waals surface area contributed by atoms with Crippen LogP contribution >= 0.6 is 0 Å². The highest BCUT2D eigenvalue weighted by atomic mass is 16.2. The smallest absolute Gasteiger partial charge is 0.225 e. The van der Waals surface area contributed by atoms with Gasteiger partial charge in [-0.25, -0.2) is 0 Å². The van der Waals surface area contributed by atoms with Gasteiger partial charge in [0.2, 0.25) is 5.91 Å². The van der Waals surface area contributed by atoms with Crippen LogP contribution in [0, 0.1) is 11.8 Å². The van der Waals surface area contributed by atoms with Crippen LogP contribution in [0.4, 0.5) is 0 Å². The second kappa shape index (κ2) is 3.72. The molecule has 4 rings (SSSR count). The molecule has 4 fully saturated rings. The van der Waals surface area contributed by atoms with E-state index in [1.807, 2.05) is 0 Å². The molecule has 3 nitrogen and oxygen atoms in total. The Bertz CT molecular complexity index is 381. The zero-order chi connectivity index (χ0) is 12.3. The fraction of sp³-hybridized carbons (Fsp3) is 0.933. The summed E-state index contributed by atoms with van der Waals surface area (Å²) in [5.41, 5.74) is 0.258. The van der Waals surface area contributed by atoms with E-state index in [2.05, 4.69) is 16.7 Å². The van der Waals surface area contributed by atoms with E-state index in [1.165, 1.54) is 45.2 Å². The lowest BCUT2D eigenvalue weighted by Crippen LogP contribution is -2.77. The summed E-state index contributed by atoms with van der Waals surface area (Å²) in [5, 5.41) is 0. The van der Waals surface area contributed by atoms with Gasteiger partial charge >= 0.3 is 0 Å². The Kier molecular flexibility index (Phi) is 2.33. The molecule has 4 aliphatic rings. The molecule has 4 atom stereocenters. The van der Waals surface area contributed by atoms with Gasteiger partial charge in [-0.15, -0.1) is 0 Å². The summed E-state index contributed by atoms with van der Waals surface area (Å²) in [6.45, 7) is 5.97. The molecule has 100 valence electrons. The van der Waals surface area contributed by atoms with Crippen molar-refractivity contribution in [2.24, 2.45) is 11.8 Å². The van der Waals surface area contributed by atoms with E-state index in [1.54, 1.807) is 0 Å².